The van der Waals surface area contributed by atoms with E-state index in [9.17, 15) is 9.18 Å². The van der Waals surface area contributed by atoms with Crippen molar-refractivity contribution in [3.05, 3.63) is 23.8 Å². The summed E-state index contributed by atoms with van der Waals surface area (Å²) in [7, 11) is 0. The van der Waals surface area contributed by atoms with Crippen molar-refractivity contribution in [3.63, 3.8) is 0 Å². The molecule has 1 fully saturated rings. The Morgan fingerprint density at radius 2 is 2.16 bits per heavy atom. The van der Waals surface area contributed by atoms with Gasteiger partial charge in [0.2, 0.25) is 5.91 Å². The number of nitrogens with zero attached hydrogens (tertiary/aromatic N) is 1. The van der Waals surface area contributed by atoms with Crippen LogP contribution in [0.1, 0.15) is 10.4 Å². The topological polar surface area (TPSA) is 67.6 Å². The van der Waals surface area contributed by atoms with Gasteiger partial charge in [0.15, 0.2) is 0 Å². The van der Waals surface area contributed by atoms with Gasteiger partial charge in [-0.3, -0.25) is 4.79 Å². The van der Waals surface area contributed by atoms with Crippen LogP contribution >= 0.6 is 0 Å². The molecule has 0 atom stereocenters. The van der Waals surface area contributed by atoms with Crippen molar-refractivity contribution < 1.29 is 13.9 Å². The van der Waals surface area contributed by atoms with Gasteiger partial charge in [-0.05, 0) is 18.2 Å². The molecule has 1 amide bonds. The van der Waals surface area contributed by atoms with E-state index >= 15 is 0 Å². The van der Waals surface area contributed by atoms with Crippen molar-refractivity contribution in [1.29, 1.82) is 0 Å². The Morgan fingerprint density at radius 3 is 2.79 bits per heavy atom. The predicted octanol–water partition coefficient (Wildman–Crippen LogP) is 0.543. The highest BCUT2D eigenvalue weighted by Crippen LogP contribution is 2.30. The average Bonchev–Trinajstić information content (AvgIpc) is 2.45. The van der Waals surface area contributed by atoms with E-state index in [1.54, 1.807) is 18.2 Å². The number of hydrogen-bond acceptors (Lipinski definition) is 4. The van der Waals surface area contributed by atoms with Crippen molar-refractivity contribution in [2.75, 3.05) is 44.4 Å². The average molecular weight is 267 g/mol. The summed E-state index contributed by atoms with van der Waals surface area (Å²) in [4.78, 5) is 13.4. The summed E-state index contributed by atoms with van der Waals surface area (Å²) in [5.41, 5.74) is 6.52. The van der Waals surface area contributed by atoms with Crippen LogP contribution in [-0.4, -0.2) is 45.4 Å². The molecule has 19 heavy (non-hydrogen) atoms. The van der Waals surface area contributed by atoms with Crippen LogP contribution in [-0.2, 0) is 0 Å². The number of halogens is 1. The Morgan fingerprint density at radius 1 is 1.42 bits per heavy atom. The molecule has 3 N–H and O–H groups in total. The molecule has 0 spiro atoms. The van der Waals surface area contributed by atoms with Crippen molar-refractivity contribution in [2.45, 2.75) is 0 Å². The van der Waals surface area contributed by atoms with Gasteiger partial charge < -0.3 is 20.7 Å². The quantitative estimate of drug-likeness (QED) is 0.817. The molecule has 6 heteroatoms. The zero-order chi connectivity index (χ0) is 13.7. The highest BCUT2D eigenvalue weighted by molar-refractivity contribution is 5.94. The molecule has 1 heterocycles. The number of primary amides is 1. The van der Waals surface area contributed by atoms with E-state index in [0.29, 0.717) is 11.3 Å². The second-order valence-electron chi connectivity index (χ2n) is 4.32. The Bertz CT molecular complexity index is 448. The summed E-state index contributed by atoms with van der Waals surface area (Å²) < 4.78 is 17.6. The fourth-order valence-corrected chi connectivity index (χ4v) is 2.09. The number of anilines is 1. The number of carbonyl (C=O) groups is 1. The third-order valence-electron chi connectivity index (χ3n) is 3.04. The van der Waals surface area contributed by atoms with E-state index < -0.39 is 12.6 Å². The van der Waals surface area contributed by atoms with Crippen LogP contribution in [0.2, 0.25) is 0 Å². The van der Waals surface area contributed by atoms with E-state index in [4.69, 9.17) is 10.5 Å². The Kier molecular flexibility index (Phi) is 4.57. The largest absolute Gasteiger partial charge is 0.489 e. The number of piperazine rings is 1. The van der Waals surface area contributed by atoms with E-state index in [1.165, 1.54) is 0 Å². The lowest BCUT2D eigenvalue weighted by atomic mass is 10.1. The number of nitrogens with two attached hydrogens (primary N) is 1. The lowest BCUT2D eigenvalue weighted by Gasteiger charge is -2.31. The van der Waals surface area contributed by atoms with Crippen LogP contribution < -0.4 is 20.7 Å². The molecule has 1 aliphatic heterocycles. The summed E-state index contributed by atoms with van der Waals surface area (Å²) in [6.45, 7) is 2.82. The molecule has 5 nitrogen and oxygen atoms in total. The maximum Gasteiger partial charge on any atom is 0.248 e. The van der Waals surface area contributed by atoms with Crippen LogP contribution in [0.3, 0.4) is 0 Å². The fraction of sp³-hybridized carbons (Fsp3) is 0.462. The molecule has 0 unspecified atom stereocenters. The molecular formula is C13H18FN3O2. The van der Waals surface area contributed by atoms with Crippen molar-refractivity contribution >= 4 is 11.6 Å². The van der Waals surface area contributed by atoms with Gasteiger partial charge in [0.1, 0.15) is 19.0 Å². The third-order valence-corrected chi connectivity index (χ3v) is 3.04. The molecule has 0 aliphatic carbocycles. The van der Waals surface area contributed by atoms with Gasteiger partial charge >= 0.3 is 0 Å². The summed E-state index contributed by atoms with van der Waals surface area (Å²) in [6.07, 6.45) is 0. The SMILES string of the molecule is NC(=O)c1ccc(OCCF)c(N2CCNCC2)c1. The minimum Gasteiger partial charge on any atom is -0.489 e. The maximum atomic E-state index is 12.2. The second-order valence-corrected chi connectivity index (χ2v) is 4.32. The Labute approximate surface area is 111 Å². The molecule has 104 valence electrons. The number of benzene rings is 1. The van der Waals surface area contributed by atoms with Crippen molar-refractivity contribution in [2.24, 2.45) is 5.73 Å². The summed E-state index contributed by atoms with van der Waals surface area (Å²) in [5.74, 6) is 0.109. The van der Waals surface area contributed by atoms with Crippen LogP contribution in [0.15, 0.2) is 18.2 Å². The van der Waals surface area contributed by atoms with Gasteiger partial charge in [-0.2, -0.15) is 0 Å². The normalized spacial score (nSPS) is 15.3. The van der Waals surface area contributed by atoms with Crippen LogP contribution in [0.5, 0.6) is 5.75 Å². The first kappa shape index (κ1) is 13.6. The van der Waals surface area contributed by atoms with Gasteiger partial charge in [-0.15, -0.1) is 0 Å². The lowest BCUT2D eigenvalue weighted by Crippen LogP contribution is -2.43. The number of ether oxygens (including phenoxy) is 1. The van der Waals surface area contributed by atoms with E-state index in [0.717, 1.165) is 31.9 Å². The molecule has 0 saturated carbocycles. The Balaban J connectivity index is 2.28. The molecule has 1 aliphatic rings. The zero-order valence-corrected chi connectivity index (χ0v) is 10.7. The first-order valence-electron chi connectivity index (χ1n) is 6.30. The van der Waals surface area contributed by atoms with Gasteiger partial charge in [0.05, 0.1) is 5.69 Å². The van der Waals surface area contributed by atoms with Crippen LogP contribution in [0, 0.1) is 0 Å². The summed E-state index contributed by atoms with van der Waals surface area (Å²) in [5, 5.41) is 3.25. The standard InChI is InChI=1S/C13H18FN3O2/c14-3-8-19-12-2-1-10(13(15)18)9-11(12)17-6-4-16-5-7-17/h1-2,9,16H,3-8H2,(H2,15,18). The monoisotopic (exact) mass is 267 g/mol. The van der Waals surface area contributed by atoms with Gasteiger partial charge in [0.25, 0.3) is 0 Å². The van der Waals surface area contributed by atoms with E-state index in [1.807, 2.05) is 0 Å². The maximum absolute atomic E-state index is 12.2. The molecule has 2 rings (SSSR count). The highest BCUT2D eigenvalue weighted by atomic mass is 19.1. The molecule has 0 radical (unpaired) electrons. The molecule has 1 saturated heterocycles. The molecule has 0 bridgehead atoms. The van der Waals surface area contributed by atoms with Crippen molar-refractivity contribution in [1.82, 2.24) is 5.32 Å². The lowest BCUT2D eigenvalue weighted by molar-refractivity contribution is 0.100. The number of nitrogens with one attached hydrogen (secondary N) is 1. The molecule has 1 aromatic rings. The summed E-state index contributed by atoms with van der Waals surface area (Å²) in [6, 6.07) is 4.98. The number of carbonyl (C=O) groups excluding carboxylic acids is 1. The number of alkyl halides is 1. The van der Waals surface area contributed by atoms with Gasteiger partial charge in [-0.1, -0.05) is 0 Å². The first-order valence-corrected chi connectivity index (χ1v) is 6.30. The smallest absolute Gasteiger partial charge is 0.248 e. The number of amides is 1. The van der Waals surface area contributed by atoms with E-state index in [-0.39, 0.29) is 6.61 Å². The molecule has 1 aromatic carbocycles. The second kappa shape index (κ2) is 6.38. The third kappa shape index (κ3) is 3.35. The van der Waals surface area contributed by atoms with Crippen LogP contribution in [0.4, 0.5) is 10.1 Å². The molecule has 0 aromatic heterocycles. The highest BCUT2D eigenvalue weighted by Gasteiger charge is 2.17. The molecular weight excluding hydrogens is 249 g/mol. The summed E-state index contributed by atoms with van der Waals surface area (Å²) >= 11 is 0. The Hall–Kier alpha value is -1.82. The minimum absolute atomic E-state index is 0.00894. The predicted molar refractivity (Wildman–Crippen MR) is 71.5 cm³/mol. The zero-order valence-electron chi connectivity index (χ0n) is 10.7. The number of rotatable bonds is 5. The first-order chi connectivity index (χ1) is 9.22. The number of hydrogen-bond donors (Lipinski definition) is 2. The fourth-order valence-electron chi connectivity index (χ4n) is 2.09. The van der Waals surface area contributed by atoms with Crippen LogP contribution in [0.25, 0.3) is 0 Å². The van der Waals surface area contributed by atoms with Gasteiger partial charge in [0, 0.05) is 31.7 Å². The minimum atomic E-state index is -0.543. The van der Waals surface area contributed by atoms with Gasteiger partial charge in [-0.25, -0.2) is 4.39 Å². The van der Waals surface area contributed by atoms with Crippen molar-refractivity contribution in [3.8, 4) is 5.75 Å². The van der Waals surface area contributed by atoms with E-state index in [2.05, 4.69) is 10.2 Å².